The second-order valence-corrected chi connectivity index (χ2v) is 3.49. The van der Waals surface area contributed by atoms with Crippen molar-refractivity contribution in [3.05, 3.63) is 66.7 Å². The van der Waals surface area contributed by atoms with Crippen LogP contribution >= 0.6 is 0 Å². The Morgan fingerprint density at radius 3 is 1.12 bits per heavy atom. The van der Waals surface area contributed by atoms with Crippen molar-refractivity contribution in [3.63, 3.8) is 0 Å². The molecule has 0 aliphatic heterocycles. The van der Waals surface area contributed by atoms with Gasteiger partial charge >= 0.3 is 0 Å². The van der Waals surface area contributed by atoms with Crippen molar-refractivity contribution >= 4 is 0 Å². The Morgan fingerprint density at radius 2 is 0.941 bits per heavy atom. The molecule has 0 aliphatic carbocycles. The molecule has 2 aromatic rings. The second kappa shape index (κ2) is 12.3. The molecule has 0 amide bonds. The summed E-state index contributed by atoms with van der Waals surface area (Å²) in [5.41, 5.74) is 0. The summed E-state index contributed by atoms with van der Waals surface area (Å²) in [6.07, 6.45) is 2.64. The standard InChI is InChI=1S/C6H6O.C6H6.C4H10/c7-6-4-2-1-3-5-6;1-2-4-6-5-3-1;1-3-4-2/h1-5,7H;1-6H;3-4H2,1-2H3. The highest BCUT2D eigenvalue weighted by atomic mass is 16.3. The number of hydrogen-bond donors (Lipinski definition) is 1. The van der Waals surface area contributed by atoms with Crippen molar-refractivity contribution in [1.82, 2.24) is 0 Å². The van der Waals surface area contributed by atoms with E-state index in [1.807, 2.05) is 42.5 Å². The predicted octanol–water partition coefficient (Wildman–Crippen LogP) is 4.89. The third kappa shape index (κ3) is 12.2. The third-order valence-electron chi connectivity index (χ3n) is 1.92. The molecule has 0 aromatic heterocycles. The minimum Gasteiger partial charge on any atom is -0.508 e. The van der Waals surface area contributed by atoms with Gasteiger partial charge in [-0.25, -0.2) is 0 Å². The van der Waals surface area contributed by atoms with Crippen molar-refractivity contribution in [2.75, 3.05) is 0 Å². The van der Waals surface area contributed by atoms with E-state index in [9.17, 15) is 0 Å². The number of phenols is 1. The van der Waals surface area contributed by atoms with Crippen molar-refractivity contribution in [2.24, 2.45) is 0 Å². The van der Waals surface area contributed by atoms with Gasteiger partial charge in [0.2, 0.25) is 0 Å². The number of rotatable bonds is 1. The van der Waals surface area contributed by atoms with Gasteiger partial charge < -0.3 is 5.11 Å². The molecule has 17 heavy (non-hydrogen) atoms. The molecule has 2 aromatic carbocycles. The molecule has 2 rings (SSSR count). The minimum absolute atomic E-state index is 0.322. The molecule has 92 valence electrons. The monoisotopic (exact) mass is 230 g/mol. The highest BCUT2D eigenvalue weighted by molar-refractivity contribution is 5.18. The van der Waals surface area contributed by atoms with E-state index in [4.69, 9.17) is 5.11 Å². The maximum Gasteiger partial charge on any atom is 0.115 e. The summed E-state index contributed by atoms with van der Waals surface area (Å²) < 4.78 is 0. The van der Waals surface area contributed by atoms with E-state index in [-0.39, 0.29) is 0 Å². The smallest absolute Gasteiger partial charge is 0.115 e. The number of hydrogen-bond acceptors (Lipinski definition) is 1. The van der Waals surface area contributed by atoms with Gasteiger partial charge in [0.05, 0.1) is 0 Å². The maximum atomic E-state index is 8.63. The van der Waals surface area contributed by atoms with Crippen molar-refractivity contribution in [3.8, 4) is 5.75 Å². The van der Waals surface area contributed by atoms with Crippen LogP contribution in [0.1, 0.15) is 26.7 Å². The molecule has 0 unspecified atom stereocenters. The lowest BCUT2D eigenvalue weighted by molar-refractivity contribution is 0.475. The Labute approximate surface area is 105 Å². The molecule has 0 saturated carbocycles. The van der Waals surface area contributed by atoms with Crippen LogP contribution in [0.4, 0.5) is 0 Å². The van der Waals surface area contributed by atoms with Gasteiger partial charge in [-0.1, -0.05) is 81.3 Å². The van der Waals surface area contributed by atoms with Gasteiger partial charge in [0, 0.05) is 0 Å². The summed E-state index contributed by atoms with van der Waals surface area (Å²) in [4.78, 5) is 0. The molecule has 0 bridgehead atoms. The average Bonchev–Trinajstić information content (AvgIpc) is 2.43. The lowest BCUT2D eigenvalue weighted by Gasteiger charge is -1.82. The number of unbranched alkanes of at least 4 members (excludes halogenated alkanes) is 1. The Kier molecular flexibility index (Phi) is 11.0. The number of para-hydroxylation sites is 1. The van der Waals surface area contributed by atoms with Crippen LogP contribution < -0.4 is 0 Å². The first kappa shape index (κ1) is 15.2. The molecule has 0 aliphatic rings. The summed E-state index contributed by atoms with van der Waals surface area (Å²) in [6.45, 7) is 4.36. The van der Waals surface area contributed by atoms with Gasteiger partial charge in [-0.05, 0) is 12.1 Å². The van der Waals surface area contributed by atoms with Crippen LogP contribution in [0.5, 0.6) is 5.75 Å². The fourth-order valence-corrected chi connectivity index (χ4v) is 0.813. The second-order valence-electron chi connectivity index (χ2n) is 3.49. The first-order chi connectivity index (χ1) is 8.31. The topological polar surface area (TPSA) is 20.2 Å². The largest absolute Gasteiger partial charge is 0.508 e. The fourth-order valence-electron chi connectivity index (χ4n) is 0.813. The lowest BCUT2D eigenvalue weighted by Crippen LogP contribution is -1.56. The fraction of sp³-hybridized carbons (Fsp3) is 0.250. The molecule has 0 atom stereocenters. The molecule has 1 heteroatoms. The van der Waals surface area contributed by atoms with E-state index in [0.29, 0.717) is 5.75 Å². The van der Waals surface area contributed by atoms with Gasteiger partial charge in [0.25, 0.3) is 0 Å². The van der Waals surface area contributed by atoms with Crippen molar-refractivity contribution in [2.45, 2.75) is 26.7 Å². The Morgan fingerprint density at radius 1 is 0.647 bits per heavy atom. The third-order valence-corrected chi connectivity index (χ3v) is 1.92. The lowest BCUT2D eigenvalue weighted by atomic mass is 10.3. The zero-order valence-electron chi connectivity index (χ0n) is 10.7. The average molecular weight is 230 g/mol. The zero-order chi connectivity index (χ0) is 12.8. The van der Waals surface area contributed by atoms with Crippen molar-refractivity contribution in [1.29, 1.82) is 0 Å². The van der Waals surface area contributed by atoms with E-state index in [1.54, 1.807) is 24.3 Å². The number of aromatic hydroxyl groups is 1. The molecular formula is C16H22O. The summed E-state index contributed by atoms with van der Waals surface area (Å²) >= 11 is 0. The van der Waals surface area contributed by atoms with Crippen LogP contribution in [0.15, 0.2) is 66.7 Å². The maximum absolute atomic E-state index is 8.63. The van der Waals surface area contributed by atoms with Gasteiger partial charge in [0.15, 0.2) is 0 Å². The Balaban J connectivity index is 0.000000236. The van der Waals surface area contributed by atoms with Crippen LogP contribution in [0.3, 0.4) is 0 Å². The van der Waals surface area contributed by atoms with Gasteiger partial charge in [-0.3, -0.25) is 0 Å². The van der Waals surface area contributed by atoms with Gasteiger partial charge in [-0.2, -0.15) is 0 Å². The van der Waals surface area contributed by atoms with Gasteiger partial charge in [-0.15, -0.1) is 0 Å². The predicted molar refractivity (Wildman–Crippen MR) is 75.1 cm³/mol. The Bertz CT molecular complexity index is 300. The molecule has 0 radical (unpaired) electrons. The molecule has 1 nitrogen and oxygen atoms in total. The van der Waals surface area contributed by atoms with Crippen LogP contribution in [0, 0.1) is 0 Å². The minimum atomic E-state index is 0.322. The summed E-state index contributed by atoms with van der Waals surface area (Å²) in [6, 6.07) is 20.7. The van der Waals surface area contributed by atoms with Crippen LogP contribution in [-0.4, -0.2) is 5.11 Å². The van der Waals surface area contributed by atoms with Crippen LogP contribution in [0.25, 0.3) is 0 Å². The molecule has 0 fully saturated rings. The normalized spacial score (nSPS) is 8.12. The number of benzene rings is 2. The van der Waals surface area contributed by atoms with Crippen molar-refractivity contribution < 1.29 is 5.11 Å². The summed E-state index contributed by atoms with van der Waals surface area (Å²) in [7, 11) is 0. The summed E-state index contributed by atoms with van der Waals surface area (Å²) in [5, 5.41) is 8.63. The SMILES string of the molecule is CCCC.Oc1ccccc1.c1ccccc1. The van der Waals surface area contributed by atoms with Gasteiger partial charge in [0.1, 0.15) is 5.75 Å². The van der Waals surface area contributed by atoms with Crippen LogP contribution in [-0.2, 0) is 0 Å². The molecule has 0 saturated heterocycles. The Hall–Kier alpha value is -1.76. The van der Waals surface area contributed by atoms with Crippen LogP contribution in [0.2, 0.25) is 0 Å². The van der Waals surface area contributed by atoms with E-state index < -0.39 is 0 Å². The van der Waals surface area contributed by atoms with E-state index in [0.717, 1.165) is 0 Å². The van der Waals surface area contributed by atoms with E-state index >= 15 is 0 Å². The van der Waals surface area contributed by atoms with E-state index in [2.05, 4.69) is 13.8 Å². The zero-order valence-corrected chi connectivity index (χ0v) is 10.7. The highest BCUT2D eigenvalue weighted by Gasteiger charge is 1.74. The quantitative estimate of drug-likeness (QED) is 0.740. The highest BCUT2D eigenvalue weighted by Crippen LogP contribution is 2.02. The number of phenolic OH excluding ortho intramolecular Hbond substituents is 1. The van der Waals surface area contributed by atoms with E-state index in [1.165, 1.54) is 12.8 Å². The first-order valence-electron chi connectivity index (χ1n) is 6.05. The molecule has 0 spiro atoms. The molecule has 0 heterocycles. The molecule has 1 N–H and O–H groups in total. The molecular weight excluding hydrogens is 208 g/mol. The summed E-state index contributed by atoms with van der Waals surface area (Å²) in [5.74, 6) is 0.322. The first-order valence-corrected chi connectivity index (χ1v) is 6.05.